The van der Waals surface area contributed by atoms with Gasteiger partial charge in [-0.15, -0.1) is 23.4 Å². The standard InChI is InChI=1S/C22H29ClO2S/c1-16(2)8-7-9-17(3)14-19(23)15-18(4)12-13-26-21-11-6-5-10-20(21)22(24)25/h5-6,8,10-12,14,19H,7,9,13,15H2,1-4H3,(H,24,25)/b17-14-,18-12-. The molecule has 0 aromatic heterocycles. The molecule has 142 valence electrons. The molecule has 0 bridgehead atoms. The van der Waals surface area contributed by atoms with Crippen LogP contribution in [0.2, 0.25) is 0 Å². The molecule has 1 rings (SSSR count). The molecule has 1 atom stereocenters. The van der Waals surface area contributed by atoms with Crippen LogP contribution < -0.4 is 0 Å². The zero-order valence-electron chi connectivity index (χ0n) is 16.1. The zero-order chi connectivity index (χ0) is 19.5. The van der Waals surface area contributed by atoms with E-state index in [2.05, 4.69) is 45.9 Å². The van der Waals surface area contributed by atoms with Crippen molar-refractivity contribution in [2.24, 2.45) is 0 Å². The van der Waals surface area contributed by atoms with E-state index in [1.807, 2.05) is 12.1 Å². The van der Waals surface area contributed by atoms with Crippen molar-refractivity contribution in [2.75, 3.05) is 5.75 Å². The highest BCUT2D eigenvalue weighted by atomic mass is 35.5. The van der Waals surface area contributed by atoms with Gasteiger partial charge >= 0.3 is 5.97 Å². The molecular weight excluding hydrogens is 364 g/mol. The van der Waals surface area contributed by atoms with Gasteiger partial charge in [-0.1, -0.05) is 47.1 Å². The second-order valence-corrected chi connectivity index (χ2v) is 8.34. The number of carbonyl (C=O) groups is 1. The van der Waals surface area contributed by atoms with E-state index < -0.39 is 5.97 Å². The highest BCUT2D eigenvalue weighted by Crippen LogP contribution is 2.24. The van der Waals surface area contributed by atoms with E-state index in [1.54, 1.807) is 12.1 Å². The van der Waals surface area contributed by atoms with Crippen LogP contribution in [0.15, 0.2) is 64.1 Å². The summed E-state index contributed by atoms with van der Waals surface area (Å²) in [5.41, 5.74) is 4.24. The van der Waals surface area contributed by atoms with Gasteiger partial charge < -0.3 is 5.11 Å². The number of benzene rings is 1. The van der Waals surface area contributed by atoms with E-state index in [9.17, 15) is 9.90 Å². The Morgan fingerprint density at radius 3 is 2.50 bits per heavy atom. The molecule has 0 aliphatic carbocycles. The van der Waals surface area contributed by atoms with E-state index in [0.717, 1.165) is 29.9 Å². The Balaban J connectivity index is 2.50. The number of carboxylic acid groups (broad SMARTS) is 1. The summed E-state index contributed by atoms with van der Waals surface area (Å²) in [5.74, 6) is -0.147. The van der Waals surface area contributed by atoms with Crippen molar-refractivity contribution < 1.29 is 9.90 Å². The Labute approximate surface area is 167 Å². The van der Waals surface area contributed by atoms with Gasteiger partial charge in [0.1, 0.15) is 0 Å². The maximum atomic E-state index is 11.2. The predicted octanol–water partition coefficient (Wildman–Crippen LogP) is 7.11. The lowest BCUT2D eigenvalue weighted by atomic mass is 10.1. The molecule has 1 aromatic carbocycles. The highest BCUT2D eigenvalue weighted by Gasteiger charge is 2.09. The fourth-order valence-corrected chi connectivity index (χ4v) is 3.96. The summed E-state index contributed by atoms with van der Waals surface area (Å²) in [6.07, 6.45) is 9.43. The molecule has 0 radical (unpaired) electrons. The highest BCUT2D eigenvalue weighted by molar-refractivity contribution is 7.99. The van der Waals surface area contributed by atoms with Crippen molar-refractivity contribution >= 4 is 29.3 Å². The summed E-state index contributed by atoms with van der Waals surface area (Å²) in [4.78, 5) is 12.0. The third-order valence-electron chi connectivity index (χ3n) is 3.86. The van der Waals surface area contributed by atoms with Gasteiger partial charge in [0, 0.05) is 10.6 Å². The first-order chi connectivity index (χ1) is 12.3. The maximum Gasteiger partial charge on any atom is 0.336 e. The Morgan fingerprint density at radius 2 is 1.85 bits per heavy atom. The summed E-state index contributed by atoms with van der Waals surface area (Å²) < 4.78 is 0. The Hall–Kier alpha value is -1.45. The summed E-state index contributed by atoms with van der Waals surface area (Å²) in [6, 6.07) is 7.10. The fraction of sp³-hybridized carbons (Fsp3) is 0.409. The van der Waals surface area contributed by atoms with Gasteiger partial charge in [0.05, 0.1) is 10.9 Å². The van der Waals surface area contributed by atoms with Crippen molar-refractivity contribution in [3.63, 3.8) is 0 Å². The molecule has 1 N–H and O–H groups in total. The van der Waals surface area contributed by atoms with Crippen LogP contribution in [0.4, 0.5) is 0 Å². The van der Waals surface area contributed by atoms with Crippen LogP contribution in [-0.4, -0.2) is 22.2 Å². The van der Waals surface area contributed by atoms with Crippen LogP contribution in [0.1, 0.15) is 57.3 Å². The summed E-state index contributed by atoms with van der Waals surface area (Å²) in [5, 5.41) is 9.21. The topological polar surface area (TPSA) is 37.3 Å². The number of alkyl halides is 1. The lowest BCUT2D eigenvalue weighted by Crippen LogP contribution is -1.99. The van der Waals surface area contributed by atoms with Crippen molar-refractivity contribution in [3.05, 3.63) is 64.8 Å². The van der Waals surface area contributed by atoms with Gasteiger partial charge in [0.15, 0.2) is 0 Å². The average molecular weight is 393 g/mol. The van der Waals surface area contributed by atoms with Gasteiger partial charge in [-0.05, 0) is 59.1 Å². The predicted molar refractivity (Wildman–Crippen MR) is 115 cm³/mol. The third-order valence-corrected chi connectivity index (χ3v) is 5.14. The number of halogens is 1. The number of hydrogen-bond acceptors (Lipinski definition) is 2. The molecule has 4 heteroatoms. The summed E-state index contributed by atoms with van der Waals surface area (Å²) >= 11 is 7.99. The lowest BCUT2D eigenvalue weighted by molar-refractivity contribution is 0.0693. The van der Waals surface area contributed by atoms with Gasteiger partial charge in [-0.2, -0.15) is 0 Å². The number of thioether (sulfide) groups is 1. The quantitative estimate of drug-likeness (QED) is 0.262. The minimum Gasteiger partial charge on any atom is -0.478 e. The molecule has 0 spiro atoms. The van der Waals surface area contributed by atoms with Crippen molar-refractivity contribution in [1.82, 2.24) is 0 Å². The lowest BCUT2D eigenvalue weighted by Gasteiger charge is -2.08. The fourth-order valence-electron chi connectivity index (χ4n) is 2.47. The SMILES string of the molecule is CC(C)=CCC/C(C)=C\C(Cl)C/C(C)=C\CSc1ccccc1C(=O)O. The number of rotatable bonds is 10. The zero-order valence-corrected chi connectivity index (χ0v) is 17.7. The second kappa shape index (κ2) is 12.0. The van der Waals surface area contributed by atoms with Crippen LogP contribution in [0, 0.1) is 0 Å². The van der Waals surface area contributed by atoms with Gasteiger partial charge in [-0.25, -0.2) is 4.79 Å². The van der Waals surface area contributed by atoms with Crippen molar-refractivity contribution in [2.45, 2.75) is 57.2 Å². The number of hydrogen-bond donors (Lipinski definition) is 1. The Bertz CT molecular complexity index is 685. The number of carboxylic acids is 1. The van der Waals surface area contributed by atoms with Crippen molar-refractivity contribution in [3.8, 4) is 0 Å². The molecule has 0 saturated carbocycles. The summed E-state index contributed by atoms with van der Waals surface area (Å²) in [7, 11) is 0. The molecule has 0 heterocycles. The molecule has 0 saturated heterocycles. The van der Waals surface area contributed by atoms with Gasteiger partial charge in [0.25, 0.3) is 0 Å². The van der Waals surface area contributed by atoms with E-state index >= 15 is 0 Å². The Morgan fingerprint density at radius 1 is 1.15 bits per heavy atom. The van der Waals surface area contributed by atoms with Crippen LogP contribution in [0.25, 0.3) is 0 Å². The monoisotopic (exact) mass is 392 g/mol. The van der Waals surface area contributed by atoms with E-state index in [1.165, 1.54) is 28.5 Å². The first kappa shape index (κ1) is 22.6. The van der Waals surface area contributed by atoms with E-state index in [4.69, 9.17) is 11.6 Å². The van der Waals surface area contributed by atoms with Crippen LogP contribution in [0.3, 0.4) is 0 Å². The van der Waals surface area contributed by atoms with E-state index in [0.29, 0.717) is 5.56 Å². The second-order valence-electron chi connectivity index (χ2n) is 6.72. The van der Waals surface area contributed by atoms with Gasteiger partial charge in [-0.3, -0.25) is 0 Å². The molecule has 0 amide bonds. The third kappa shape index (κ3) is 9.30. The molecule has 2 nitrogen and oxygen atoms in total. The smallest absolute Gasteiger partial charge is 0.336 e. The molecular formula is C22H29ClO2S. The van der Waals surface area contributed by atoms with Crippen molar-refractivity contribution in [1.29, 1.82) is 0 Å². The normalized spacial score (nSPS) is 13.4. The first-order valence-electron chi connectivity index (χ1n) is 8.85. The van der Waals surface area contributed by atoms with Gasteiger partial charge in [0.2, 0.25) is 0 Å². The largest absolute Gasteiger partial charge is 0.478 e. The molecule has 0 aliphatic heterocycles. The van der Waals surface area contributed by atoms with Crippen LogP contribution in [0.5, 0.6) is 0 Å². The molecule has 26 heavy (non-hydrogen) atoms. The minimum atomic E-state index is -0.886. The molecule has 0 aliphatic rings. The van der Waals surface area contributed by atoms with Crippen LogP contribution >= 0.6 is 23.4 Å². The first-order valence-corrected chi connectivity index (χ1v) is 10.3. The Kier molecular flexibility index (Phi) is 10.5. The average Bonchev–Trinajstić information content (AvgIpc) is 2.54. The minimum absolute atomic E-state index is 0.00532. The molecule has 1 unspecified atom stereocenters. The maximum absolute atomic E-state index is 11.2. The number of aromatic carboxylic acids is 1. The molecule has 1 aromatic rings. The number of allylic oxidation sites excluding steroid dienone is 5. The van der Waals surface area contributed by atoms with Crippen LogP contribution in [-0.2, 0) is 0 Å². The summed E-state index contributed by atoms with van der Waals surface area (Å²) in [6.45, 7) is 8.44. The molecule has 0 fully saturated rings. The van der Waals surface area contributed by atoms with E-state index in [-0.39, 0.29) is 5.38 Å².